The van der Waals surface area contributed by atoms with Gasteiger partial charge in [0.2, 0.25) is 0 Å². The van der Waals surface area contributed by atoms with Crippen molar-refractivity contribution in [2.75, 3.05) is 14.2 Å². The number of nitrogens with zero attached hydrogens (tertiary/aromatic N) is 2. The maximum atomic E-state index is 13.4. The predicted molar refractivity (Wildman–Crippen MR) is 103 cm³/mol. The van der Waals surface area contributed by atoms with Crippen molar-refractivity contribution in [1.29, 1.82) is 0 Å². The van der Waals surface area contributed by atoms with Crippen LogP contribution in [0.4, 0.5) is 0 Å². The molecule has 1 aliphatic rings. The van der Waals surface area contributed by atoms with Gasteiger partial charge in [-0.25, -0.2) is 9.78 Å². The molecule has 0 saturated heterocycles. The normalized spacial score (nSPS) is 14.6. The standard InChI is InChI=1S/C20H24N2O4S/c1-25-17-11-7-6-10-15(17)19(23)22(14-8-4-3-5-9-14)12-18-21-16(13-27-18)20(24)26-2/h6-7,10-11,13-14H,3-5,8-9,12H2,1-2H3. The molecule has 1 aliphatic carbocycles. The van der Waals surface area contributed by atoms with E-state index in [2.05, 4.69) is 4.98 Å². The first kappa shape index (κ1) is 19.4. The van der Waals surface area contributed by atoms with Crippen molar-refractivity contribution in [1.82, 2.24) is 9.88 Å². The second kappa shape index (κ2) is 8.99. The predicted octanol–water partition coefficient (Wildman–Crippen LogP) is 3.91. The minimum Gasteiger partial charge on any atom is -0.496 e. The first-order valence-electron chi connectivity index (χ1n) is 9.10. The molecule has 0 spiro atoms. The van der Waals surface area contributed by atoms with Crippen molar-refractivity contribution in [2.45, 2.75) is 44.7 Å². The fourth-order valence-electron chi connectivity index (χ4n) is 3.46. The number of para-hydroxylation sites is 1. The Balaban J connectivity index is 1.87. The van der Waals surface area contributed by atoms with Crippen molar-refractivity contribution in [3.63, 3.8) is 0 Å². The Morgan fingerprint density at radius 2 is 1.93 bits per heavy atom. The summed E-state index contributed by atoms with van der Waals surface area (Å²) >= 11 is 1.37. The molecule has 27 heavy (non-hydrogen) atoms. The third kappa shape index (κ3) is 4.47. The topological polar surface area (TPSA) is 68.7 Å². The second-order valence-electron chi connectivity index (χ2n) is 6.54. The molecule has 0 atom stereocenters. The van der Waals surface area contributed by atoms with Crippen LogP contribution < -0.4 is 4.74 Å². The zero-order valence-corrected chi connectivity index (χ0v) is 16.5. The molecule has 0 unspecified atom stereocenters. The van der Waals surface area contributed by atoms with Crippen molar-refractivity contribution < 1.29 is 19.1 Å². The molecular formula is C20H24N2O4S. The number of rotatable bonds is 6. The van der Waals surface area contributed by atoms with E-state index in [9.17, 15) is 9.59 Å². The highest BCUT2D eigenvalue weighted by Crippen LogP contribution is 2.28. The molecule has 0 N–H and O–H groups in total. The quantitative estimate of drug-likeness (QED) is 0.702. The van der Waals surface area contributed by atoms with Crippen molar-refractivity contribution >= 4 is 23.2 Å². The van der Waals surface area contributed by atoms with Gasteiger partial charge in [-0.05, 0) is 25.0 Å². The molecule has 2 aromatic rings. The second-order valence-corrected chi connectivity index (χ2v) is 7.49. The van der Waals surface area contributed by atoms with Gasteiger partial charge in [0.1, 0.15) is 10.8 Å². The van der Waals surface area contributed by atoms with Crippen molar-refractivity contribution in [2.24, 2.45) is 0 Å². The van der Waals surface area contributed by atoms with Gasteiger partial charge in [0, 0.05) is 11.4 Å². The first-order chi connectivity index (χ1) is 13.1. The van der Waals surface area contributed by atoms with Gasteiger partial charge in [-0.2, -0.15) is 0 Å². The number of carbonyl (C=O) groups is 2. The van der Waals surface area contributed by atoms with Crippen LogP contribution >= 0.6 is 11.3 Å². The lowest BCUT2D eigenvalue weighted by molar-refractivity contribution is 0.0594. The van der Waals surface area contributed by atoms with Gasteiger partial charge >= 0.3 is 5.97 Å². The number of hydrogen-bond donors (Lipinski definition) is 0. The van der Waals surface area contributed by atoms with Crippen LogP contribution in [0.15, 0.2) is 29.6 Å². The lowest BCUT2D eigenvalue weighted by Gasteiger charge is -2.34. The van der Waals surface area contributed by atoms with Gasteiger partial charge in [-0.1, -0.05) is 31.4 Å². The number of benzene rings is 1. The third-order valence-corrected chi connectivity index (χ3v) is 5.70. The summed E-state index contributed by atoms with van der Waals surface area (Å²) in [5.74, 6) is 0.0460. The molecule has 1 aromatic carbocycles. The maximum Gasteiger partial charge on any atom is 0.357 e. The molecule has 1 aromatic heterocycles. The molecule has 6 nitrogen and oxygen atoms in total. The summed E-state index contributed by atoms with van der Waals surface area (Å²) < 4.78 is 10.1. The summed E-state index contributed by atoms with van der Waals surface area (Å²) in [7, 11) is 2.90. The summed E-state index contributed by atoms with van der Waals surface area (Å²) in [5.41, 5.74) is 0.834. The highest BCUT2D eigenvalue weighted by molar-refractivity contribution is 7.09. The Kier molecular flexibility index (Phi) is 6.45. The zero-order valence-electron chi connectivity index (χ0n) is 15.6. The van der Waals surface area contributed by atoms with Crippen LogP contribution in [0.3, 0.4) is 0 Å². The maximum absolute atomic E-state index is 13.4. The Hall–Kier alpha value is -2.41. The lowest BCUT2D eigenvalue weighted by atomic mass is 9.93. The van der Waals surface area contributed by atoms with Crippen molar-refractivity contribution in [3.05, 3.63) is 45.9 Å². The number of carbonyl (C=O) groups excluding carboxylic acids is 2. The number of methoxy groups -OCH3 is 2. The lowest BCUT2D eigenvalue weighted by Crippen LogP contribution is -2.41. The number of ether oxygens (including phenoxy) is 2. The van der Waals surface area contributed by atoms with Crippen LogP contribution in [-0.2, 0) is 11.3 Å². The highest BCUT2D eigenvalue weighted by Gasteiger charge is 2.29. The molecule has 0 aliphatic heterocycles. The number of aromatic nitrogens is 1. The van der Waals surface area contributed by atoms with Gasteiger partial charge in [0.25, 0.3) is 5.91 Å². The molecule has 1 fully saturated rings. The Bertz CT molecular complexity index is 799. The van der Waals surface area contributed by atoms with E-state index in [0.29, 0.717) is 17.9 Å². The number of hydrogen-bond acceptors (Lipinski definition) is 6. The number of esters is 1. The van der Waals surface area contributed by atoms with Gasteiger partial charge < -0.3 is 14.4 Å². The van der Waals surface area contributed by atoms with Crippen molar-refractivity contribution in [3.8, 4) is 5.75 Å². The van der Waals surface area contributed by atoms with E-state index in [0.717, 1.165) is 30.7 Å². The van der Waals surface area contributed by atoms with Crippen LogP contribution in [0.5, 0.6) is 5.75 Å². The van der Waals surface area contributed by atoms with E-state index in [4.69, 9.17) is 9.47 Å². The van der Waals surface area contributed by atoms with Gasteiger partial charge in [0.15, 0.2) is 5.69 Å². The summed E-state index contributed by atoms with van der Waals surface area (Å²) in [6, 6.07) is 7.45. The number of thiazole rings is 1. The Morgan fingerprint density at radius 1 is 1.19 bits per heavy atom. The van der Waals surface area contributed by atoms with Crippen LogP contribution in [0.25, 0.3) is 0 Å². The van der Waals surface area contributed by atoms with Gasteiger partial charge in [0.05, 0.1) is 26.3 Å². The van der Waals surface area contributed by atoms with Crippen LogP contribution in [0.1, 0.15) is 58.0 Å². The fraction of sp³-hybridized carbons (Fsp3) is 0.450. The molecule has 0 bridgehead atoms. The largest absolute Gasteiger partial charge is 0.496 e. The van der Waals surface area contributed by atoms with Crippen LogP contribution in [-0.4, -0.2) is 42.0 Å². The van der Waals surface area contributed by atoms with E-state index in [1.807, 2.05) is 17.0 Å². The fourth-order valence-corrected chi connectivity index (χ4v) is 4.22. The molecule has 7 heteroatoms. The monoisotopic (exact) mass is 388 g/mol. The van der Waals surface area contributed by atoms with Gasteiger partial charge in [-0.15, -0.1) is 11.3 Å². The van der Waals surface area contributed by atoms with E-state index < -0.39 is 5.97 Å². The molecule has 1 saturated carbocycles. The molecule has 3 rings (SSSR count). The SMILES string of the molecule is COC(=O)c1csc(CN(C(=O)c2ccccc2OC)C2CCCCC2)n1. The molecule has 0 radical (unpaired) electrons. The molecular weight excluding hydrogens is 364 g/mol. The summed E-state index contributed by atoms with van der Waals surface area (Å²) in [6.45, 7) is 0.378. The molecule has 1 amide bonds. The summed E-state index contributed by atoms with van der Waals surface area (Å²) in [6.07, 6.45) is 5.40. The average Bonchev–Trinajstić information content (AvgIpc) is 3.20. The minimum atomic E-state index is -0.460. The van der Waals surface area contributed by atoms with E-state index >= 15 is 0 Å². The highest BCUT2D eigenvalue weighted by atomic mass is 32.1. The summed E-state index contributed by atoms with van der Waals surface area (Å²) in [5, 5.41) is 2.40. The number of amides is 1. The molecule has 1 heterocycles. The minimum absolute atomic E-state index is 0.0610. The summed E-state index contributed by atoms with van der Waals surface area (Å²) in [4.78, 5) is 31.3. The Morgan fingerprint density at radius 3 is 2.63 bits per heavy atom. The third-order valence-electron chi connectivity index (χ3n) is 4.87. The van der Waals surface area contributed by atoms with E-state index in [1.54, 1.807) is 24.6 Å². The average molecular weight is 388 g/mol. The first-order valence-corrected chi connectivity index (χ1v) is 9.98. The van der Waals surface area contributed by atoms with Gasteiger partial charge in [-0.3, -0.25) is 4.79 Å². The van der Waals surface area contributed by atoms with E-state index in [-0.39, 0.29) is 17.6 Å². The smallest absolute Gasteiger partial charge is 0.357 e. The zero-order chi connectivity index (χ0) is 19.2. The molecule has 144 valence electrons. The van der Waals surface area contributed by atoms with E-state index in [1.165, 1.54) is 24.9 Å². The Labute approximate surface area is 163 Å². The van der Waals surface area contributed by atoms with Crippen LogP contribution in [0.2, 0.25) is 0 Å². The van der Waals surface area contributed by atoms with Crippen LogP contribution in [0, 0.1) is 0 Å².